The van der Waals surface area contributed by atoms with Crippen molar-refractivity contribution in [2.24, 2.45) is 0 Å². The molecular formula is C17H19N3O6. The van der Waals surface area contributed by atoms with Crippen molar-refractivity contribution in [2.45, 2.75) is 33.0 Å². The Kier molecular flexibility index (Phi) is 6.42. The quantitative estimate of drug-likeness (QED) is 0.537. The number of ether oxygens (including phenoxy) is 3. The molecule has 0 amide bonds. The molecule has 0 saturated heterocycles. The molecular weight excluding hydrogens is 342 g/mol. The molecule has 0 radical (unpaired) electrons. The van der Waals surface area contributed by atoms with Gasteiger partial charge in [0.15, 0.2) is 12.2 Å². The molecule has 0 aliphatic heterocycles. The van der Waals surface area contributed by atoms with Gasteiger partial charge in [-0.15, -0.1) is 5.10 Å². The van der Waals surface area contributed by atoms with Crippen LogP contribution < -0.4 is 0 Å². The van der Waals surface area contributed by atoms with Crippen molar-refractivity contribution in [3.63, 3.8) is 0 Å². The minimum atomic E-state index is -1.08. The fourth-order valence-corrected chi connectivity index (χ4v) is 2.22. The molecule has 9 heteroatoms. The van der Waals surface area contributed by atoms with Crippen LogP contribution in [0.5, 0.6) is 0 Å². The molecule has 9 nitrogen and oxygen atoms in total. The molecule has 0 spiro atoms. The number of hydrogen-bond acceptors (Lipinski definition) is 8. The smallest absolute Gasteiger partial charge is 0.303 e. The van der Waals surface area contributed by atoms with E-state index in [1.807, 2.05) is 30.3 Å². The average Bonchev–Trinajstić information content (AvgIpc) is 3.06. The fourth-order valence-electron chi connectivity index (χ4n) is 2.22. The third-order valence-corrected chi connectivity index (χ3v) is 3.22. The third-order valence-electron chi connectivity index (χ3n) is 3.22. The van der Waals surface area contributed by atoms with Gasteiger partial charge in [-0.1, -0.05) is 23.4 Å². The summed E-state index contributed by atoms with van der Waals surface area (Å²) in [7, 11) is 0. The van der Waals surface area contributed by atoms with Crippen LogP contribution in [0.15, 0.2) is 36.5 Å². The van der Waals surface area contributed by atoms with Gasteiger partial charge in [0.1, 0.15) is 12.3 Å². The predicted molar refractivity (Wildman–Crippen MR) is 88.1 cm³/mol. The van der Waals surface area contributed by atoms with Crippen molar-refractivity contribution in [3.8, 4) is 5.69 Å². The van der Waals surface area contributed by atoms with Crippen LogP contribution in [0, 0.1) is 0 Å². The number of hydrogen-bond donors (Lipinski definition) is 0. The highest BCUT2D eigenvalue weighted by molar-refractivity contribution is 5.68. The van der Waals surface area contributed by atoms with Gasteiger partial charge in [0, 0.05) is 20.8 Å². The van der Waals surface area contributed by atoms with Crippen molar-refractivity contribution >= 4 is 17.9 Å². The Balaban J connectivity index is 2.32. The Labute approximate surface area is 149 Å². The zero-order valence-electron chi connectivity index (χ0n) is 14.6. The minimum absolute atomic E-state index is 0.252. The first-order chi connectivity index (χ1) is 12.4. The van der Waals surface area contributed by atoms with Gasteiger partial charge >= 0.3 is 17.9 Å². The summed E-state index contributed by atoms with van der Waals surface area (Å²) in [5.74, 6) is -1.78. The summed E-state index contributed by atoms with van der Waals surface area (Å²) < 4.78 is 16.8. The number of para-hydroxylation sites is 1. The standard InChI is InChI=1S/C17H19N3O6/c1-11(21)24-10-16(25-12(2)22)17(26-13(3)23)15-9-20(19-18-15)14-7-5-4-6-8-14/h4-9,16-17H,10H2,1-3H3. The monoisotopic (exact) mass is 361 g/mol. The highest BCUT2D eigenvalue weighted by Gasteiger charge is 2.32. The first kappa shape index (κ1) is 19.1. The van der Waals surface area contributed by atoms with Crippen molar-refractivity contribution < 1.29 is 28.6 Å². The summed E-state index contributed by atoms with van der Waals surface area (Å²) in [5, 5.41) is 8.00. The van der Waals surface area contributed by atoms with Crippen LogP contribution in [0.1, 0.15) is 32.6 Å². The van der Waals surface area contributed by atoms with Crippen LogP contribution >= 0.6 is 0 Å². The highest BCUT2D eigenvalue weighted by atomic mass is 16.6. The summed E-state index contributed by atoms with van der Waals surface area (Å²) in [6, 6.07) is 9.17. The molecule has 2 atom stereocenters. The normalized spacial score (nSPS) is 12.7. The minimum Gasteiger partial charge on any atom is -0.462 e. The van der Waals surface area contributed by atoms with E-state index in [1.54, 1.807) is 6.20 Å². The summed E-state index contributed by atoms with van der Waals surface area (Å²) in [6.45, 7) is 3.35. The van der Waals surface area contributed by atoms with Crippen LogP contribution in [-0.2, 0) is 28.6 Å². The lowest BCUT2D eigenvalue weighted by molar-refractivity contribution is -0.174. The second-order valence-corrected chi connectivity index (χ2v) is 5.40. The molecule has 1 heterocycles. The molecule has 0 aliphatic carbocycles. The second-order valence-electron chi connectivity index (χ2n) is 5.40. The van der Waals surface area contributed by atoms with Gasteiger partial charge in [0.25, 0.3) is 0 Å². The van der Waals surface area contributed by atoms with Crippen LogP contribution in [-0.4, -0.2) is 45.6 Å². The Bertz CT molecular complexity index is 774. The molecule has 0 N–H and O–H groups in total. The Morgan fingerprint density at radius 2 is 1.65 bits per heavy atom. The number of esters is 3. The average molecular weight is 361 g/mol. The maximum atomic E-state index is 11.5. The van der Waals surface area contributed by atoms with Crippen molar-refractivity contribution in [1.29, 1.82) is 0 Å². The summed E-state index contributed by atoms with van der Waals surface area (Å²) in [5.41, 5.74) is 0.999. The molecule has 1 aromatic carbocycles. The van der Waals surface area contributed by atoms with E-state index >= 15 is 0 Å². The molecule has 26 heavy (non-hydrogen) atoms. The van der Waals surface area contributed by atoms with E-state index in [4.69, 9.17) is 14.2 Å². The van der Waals surface area contributed by atoms with Gasteiger partial charge in [-0.2, -0.15) is 0 Å². The van der Waals surface area contributed by atoms with Gasteiger partial charge < -0.3 is 14.2 Å². The van der Waals surface area contributed by atoms with Gasteiger partial charge in [0.2, 0.25) is 0 Å². The predicted octanol–water partition coefficient (Wildman–Crippen LogP) is 1.37. The number of rotatable bonds is 7. The molecule has 2 unspecified atom stereocenters. The SMILES string of the molecule is CC(=O)OCC(OC(C)=O)C(OC(C)=O)c1cn(-c2ccccc2)nn1. The molecule has 138 valence electrons. The molecule has 0 fully saturated rings. The van der Waals surface area contributed by atoms with Crippen LogP contribution in [0.4, 0.5) is 0 Å². The lowest BCUT2D eigenvalue weighted by Crippen LogP contribution is -2.33. The Hall–Kier alpha value is -3.23. The molecule has 0 aliphatic rings. The van der Waals surface area contributed by atoms with E-state index < -0.39 is 30.1 Å². The first-order valence-electron chi connectivity index (χ1n) is 7.82. The number of aromatic nitrogens is 3. The van der Waals surface area contributed by atoms with Crippen LogP contribution in [0.25, 0.3) is 5.69 Å². The molecule has 0 bridgehead atoms. The highest BCUT2D eigenvalue weighted by Crippen LogP contribution is 2.23. The van der Waals surface area contributed by atoms with Gasteiger partial charge in [-0.3, -0.25) is 14.4 Å². The van der Waals surface area contributed by atoms with Crippen molar-refractivity contribution in [2.75, 3.05) is 6.61 Å². The van der Waals surface area contributed by atoms with Gasteiger partial charge in [-0.05, 0) is 12.1 Å². The van der Waals surface area contributed by atoms with Crippen LogP contribution in [0.2, 0.25) is 0 Å². The Morgan fingerprint density at radius 1 is 1.00 bits per heavy atom. The number of carbonyl (C=O) groups is 3. The molecule has 2 aromatic rings. The summed E-state index contributed by atoms with van der Waals surface area (Å²) in [4.78, 5) is 34.0. The first-order valence-corrected chi connectivity index (χ1v) is 7.82. The zero-order chi connectivity index (χ0) is 19.1. The summed E-state index contributed by atoms with van der Waals surface area (Å²) in [6.07, 6.45) is -0.581. The lowest BCUT2D eigenvalue weighted by Gasteiger charge is -2.24. The van der Waals surface area contributed by atoms with E-state index in [9.17, 15) is 14.4 Å². The van der Waals surface area contributed by atoms with E-state index in [2.05, 4.69) is 10.3 Å². The zero-order valence-corrected chi connectivity index (χ0v) is 14.6. The van der Waals surface area contributed by atoms with E-state index in [0.717, 1.165) is 5.69 Å². The van der Waals surface area contributed by atoms with E-state index in [0.29, 0.717) is 0 Å². The maximum absolute atomic E-state index is 11.5. The van der Waals surface area contributed by atoms with Gasteiger partial charge in [0.05, 0.1) is 11.9 Å². The van der Waals surface area contributed by atoms with Gasteiger partial charge in [-0.25, -0.2) is 4.68 Å². The lowest BCUT2D eigenvalue weighted by atomic mass is 10.1. The second kappa shape index (κ2) is 8.75. The Morgan fingerprint density at radius 3 is 2.23 bits per heavy atom. The number of nitrogens with zero attached hydrogens (tertiary/aromatic N) is 3. The van der Waals surface area contributed by atoms with Crippen molar-refractivity contribution in [3.05, 3.63) is 42.2 Å². The molecule has 1 aromatic heterocycles. The molecule has 0 saturated carbocycles. The molecule has 2 rings (SSSR count). The van der Waals surface area contributed by atoms with Crippen molar-refractivity contribution in [1.82, 2.24) is 15.0 Å². The van der Waals surface area contributed by atoms with Crippen LogP contribution in [0.3, 0.4) is 0 Å². The third kappa shape index (κ3) is 5.40. The topological polar surface area (TPSA) is 110 Å². The summed E-state index contributed by atoms with van der Waals surface area (Å²) >= 11 is 0. The van der Waals surface area contributed by atoms with E-state index in [1.165, 1.54) is 25.5 Å². The number of benzene rings is 1. The van der Waals surface area contributed by atoms with E-state index in [-0.39, 0.29) is 12.3 Å². The number of carbonyl (C=O) groups excluding carboxylic acids is 3. The largest absolute Gasteiger partial charge is 0.462 e. The maximum Gasteiger partial charge on any atom is 0.303 e. The fraction of sp³-hybridized carbons (Fsp3) is 0.353.